The molecule has 114 valence electrons. The lowest BCUT2D eigenvalue weighted by molar-refractivity contribution is -0.519. The molecule has 0 aromatic heterocycles. The third-order valence-corrected chi connectivity index (χ3v) is 2.90. The third kappa shape index (κ3) is 8.97. The molecule has 19 heavy (non-hydrogen) atoms. The number of hydrogen-bond donors (Lipinski definition) is 1. The zero-order valence-electron chi connectivity index (χ0n) is 12.8. The summed E-state index contributed by atoms with van der Waals surface area (Å²) in [7, 11) is 0. The van der Waals surface area contributed by atoms with Crippen LogP contribution in [0.3, 0.4) is 0 Å². The van der Waals surface area contributed by atoms with Gasteiger partial charge < -0.3 is 5.11 Å². The maximum absolute atomic E-state index is 11.7. The fourth-order valence-corrected chi connectivity index (χ4v) is 1.90. The molecule has 0 saturated carbocycles. The standard InChI is InChI=1S/C14H28O5/c1-6-8-9-12(7-2)13(16)17-19-18-14(4,5)10-11(3)15/h11-12,15H,6-10H2,1-5H3. The van der Waals surface area contributed by atoms with Crippen LogP contribution in [-0.4, -0.2) is 22.8 Å². The summed E-state index contributed by atoms with van der Waals surface area (Å²) in [6.07, 6.45) is 3.43. The highest BCUT2D eigenvalue weighted by Crippen LogP contribution is 2.19. The number of rotatable bonds is 10. The largest absolute Gasteiger partial charge is 0.393 e. The number of unbranched alkanes of at least 4 members (excludes halogenated alkanes) is 1. The Bertz CT molecular complexity index is 250. The highest BCUT2D eigenvalue weighted by atomic mass is 17.5. The van der Waals surface area contributed by atoms with Gasteiger partial charge in [0, 0.05) is 6.42 Å². The highest BCUT2D eigenvalue weighted by Gasteiger charge is 2.25. The van der Waals surface area contributed by atoms with Gasteiger partial charge in [0.1, 0.15) is 5.60 Å². The predicted molar refractivity (Wildman–Crippen MR) is 71.9 cm³/mol. The summed E-state index contributed by atoms with van der Waals surface area (Å²) in [6, 6.07) is 0. The normalized spacial score (nSPS) is 15.1. The molecule has 5 heteroatoms. The van der Waals surface area contributed by atoms with Gasteiger partial charge in [-0.05, 0) is 38.7 Å². The SMILES string of the molecule is CCCCC(CC)C(=O)OOOC(C)(C)CC(C)O. The van der Waals surface area contributed by atoms with E-state index < -0.39 is 17.7 Å². The van der Waals surface area contributed by atoms with E-state index in [1.807, 2.05) is 6.92 Å². The Hall–Kier alpha value is -0.650. The van der Waals surface area contributed by atoms with Gasteiger partial charge in [-0.2, -0.15) is 4.89 Å². The zero-order chi connectivity index (χ0) is 14.9. The van der Waals surface area contributed by atoms with Crippen molar-refractivity contribution in [3.8, 4) is 0 Å². The van der Waals surface area contributed by atoms with Gasteiger partial charge >= 0.3 is 5.97 Å². The van der Waals surface area contributed by atoms with Gasteiger partial charge in [-0.25, -0.2) is 4.79 Å². The molecule has 0 fully saturated rings. The Morgan fingerprint density at radius 2 is 1.95 bits per heavy atom. The van der Waals surface area contributed by atoms with Crippen LogP contribution in [0.5, 0.6) is 0 Å². The molecule has 2 unspecified atom stereocenters. The van der Waals surface area contributed by atoms with E-state index in [0.29, 0.717) is 6.42 Å². The molecule has 0 bridgehead atoms. The third-order valence-electron chi connectivity index (χ3n) is 2.90. The van der Waals surface area contributed by atoms with Crippen LogP contribution in [0.25, 0.3) is 0 Å². The van der Waals surface area contributed by atoms with Crippen molar-refractivity contribution >= 4 is 5.97 Å². The molecule has 0 rings (SSSR count). The van der Waals surface area contributed by atoms with Gasteiger partial charge in [0.05, 0.1) is 12.0 Å². The van der Waals surface area contributed by atoms with Crippen LogP contribution in [0, 0.1) is 5.92 Å². The van der Waals surface area contributed by atoms with Crippen LogP contribution in [0.15, 0.2) is 0 Å². The summed E-state index contributed by atoms with van der Waals surface area (Å²) in [4.78, 5) is 21.4. The summed E-state index contributed by atoms with van der Waals surface area (Å²) in [5, 5.41) is 13.8. The Morgan fingerprint density at radius 1 is 1.32 bits per heavy atom. The smallest absolute Gasteiger partial charge is 0.348 e. The molecule has 0 aliphatic rings. The van der Waals surface area contributed by atoms with Gasteiger partial charge in [0.25, 0.3) is 0 Å². The molecule has 5 nitrogen and oxygen atoms in total. The quantitative estimate of drug-likeness (QED) is 0.490. The van der Waals surface area contributed by atoms with Crippen LogP contribution >= 0.6 is 0 Å². The molecule has 0 aliphatic carbocycles. The molecule has 0 aliphatic heterocycles. The molecule has 0 saturated heterocycles. The Morgan fingerprint density at radius 3 is 2.42 bits per heavy atom. The van der Waals surface area contributed by atoms with Crippen molar-refractivity contribution in [3.05, 3.63) is 0 Å². The number of hydrogen-bond acceptors (Lipinski definition) is 5. The van der Waals surface area contributed by atoms with E-state index in [-0.39, 0.29) is 5.92 Å². The summed E-state index contributed by atoms with van der Waals surface area (Å²) in [5.74, 6) is -0.549. The van der Waals surface area contributed by atoms with Gasteiger partial charge in [-0.3, -0.25) is 4.89 Å². The number of carbonyl (C=O) groups is 1. The Balaban J connectivity index is 4.01. The Labute approximate surface area is 116 Å². The van der Waals surface area contributed by atoms with Crippen molar-refractivity contribution in [3.63, 3.8) is 0 Å². The molecule has 0 heterocycles. The molecule has 2 atom stereocenters. The fraction of sp³-hybridized carbons (Fsp3) is 0.929. The van der Waals surface area contributed by atoms with E-state index in [2.05, 4.69) is 16.8 Å². The molecule has 0 amide bonds. The van der Waals surface area contributed by atoms with E-state index in [4.69, 9.17) is 4.89 Å². The topological polar surface area (TPSA) is 65.0 Å². The van der Waals surface area contributed by atoms with Crippen molar-refractivity contribution in [1.82, 2.24) is 0 Å². The van der Waals surface area contributed by atoms with E-state index in [1.54, 1.807) is 20.8 Å². The fourth-order valence-electron chi connectivity index (χ4n) is 1.90. The second-order valence-corrected chi connectivity index (χ2v) is 5.61. The minimum atomic E-state index is -0.709. The van der Waals surface area contributed by atoms with Crippen molar-refractivity contribution in [1.29, 1.82) is 0 Å². The average Bonchev–Trinajstić information content (AvgIpc) is 2.27. The van der Waals surface area contributed by atoms with Crippen molar-refractivity contribution in [2.24, 2.45) is 5.92 Å². The first-order valence-corrected chi connectivity index (χ1v) is 7.06. The average molecular weight is 276 g/mol. The van der Waals surface area contributed by atoms with E-state index in [9.17, 15) is 9.90 Å². The maximum Gasteiger partial charge on any atom is 0.348 e. The minimum absolute atomic E-state index is 0.150. The lowest BCUT2D eigenvalue weighted by Crippen LogP contribution is -2.30. The van der Waals surface area contributed by atoms with Crippen LogP contribution in [0.2, 0.25) is 0 Å². The van der Waals surface area contributed by atoms with Crippen LogP contribution in [0.1, 0.15) is 66.7 Å². The van der Waals surface area contributed by atoms with E-state index >= 15 is 0 Å². The summed E-state index contributed by atoms with van der Waals surface area (Å²) in [6.45, 7) is 9.19. The lowest BCUT2D eigenvalue weighted by atomic mass is 10.00. The summed E-state index contributed by atoms with van der Waals surface area (Å²) >= 11 is 0. The molecule has 0 spiro atoms. The van der Waals surface area contributed by atoms with Crippen LogP contribution in [0.4, 0.5) is 0 Å². The van der Waals surface area contributed by atoms with Crippen molar-refractivity contribution in [2.45, 2.75) is 78.4 Å². The minimum Gasteiger partial charge on any atom is -0.393 e. The second kappa shape index (κ2) is 9.28. The summed E-state index contributed by atoms with van der Waals surface area (Å²) < 4.78 is 0. The van der Waals surface area contributed by atoms with Crippen molar-refractivity contribution in [2.75, 3.05) is 0 Å². The second-order valence-electron chi connectivity index (χ2n) is 5.61. The number of aliphatic hydroxyl groups excluding tert-OH is 1. The zero-order valence-corrected chi connectivity index (χ0v) is 12.8. The van der Waals surface area contributed by atoms with Crippen LogP contribution in [-0.2, 0) is 19.6 Å². The Kier molecular flexibility index (Phi) is 8.97. The summed E-state index contributed by atoms with van der Waals surface area (Å²) in [5.41, 5.74) is -0.709. The maximum atomic E-state index is 11.7. The van der Waals surface area contributed by atoms with Gasteiger partial charge in [0.2, 0.25) is 0 Å². The van der Waals surface area contributed by atoms with Gasteiger partial charge in [0.15, 0.2) is 0 Å². The first-order chi connectivity index (χ1) is 8.82. The molecule has 0 aromatic rings. The first-order valence-electron chi connectivity index (χ1n) is 7.06. The van der Waals surface area contributed by atoms with Gasteiger partial charge in [-0.1, -0.05) is 26.7 Å². The van der Waals surface area contributed by atoms with E-state index in [0.717, 1.165) is 25.7 Å². The lowest BCUT2D eigenvalue weighted by Gasteiger charge is -2.23. The van der Waals surface area contributed by atoms with Crippen molar-refractivity contribution < 1.29 is 24.7 Å². The highest BCUT2D eigenvalue weighted by molar-refractivity contribution is 5.71. The van der Waals surface area contributed by atoms with E-state index in [1.165, 1.54) is 0 Å². The molecular weight excluding hydrogens is 248 g/mol. The molecule has 0 aromatic carbocycles. The molecule has 1 N–H and O–H groups in total. The number of aliphatic hydroxyl groups is 1. The molecule has 0 radical (unpaired) electrons. The van der Waals surface area contributed by atoms with Crippen LogP contribution < -0.4 is 0 Å². The predicted octanol–water partition coefficient (Wildman–Crippen LogP) is 3.16. The monoisotopic (exact) mass is 276 g/mol. The first kappa shape index (κ1) is 18.4. The van der Waals surface area contributed by atoms with Gasteiger partial charge in [-0.15, -0.1) is 0 Å². The molecular formula is C14H28O5. The number of carbonyl (C=O) groups excluding carboxylic acids is 1.